The lowest BCUT2D eigenvalue weighted by molar-refractivity contribution is 0.0691. The smallest absolute Gasteiger partial charge is 0.358 e. The van der Waals surface area contributed by atoms with Crippen LogP contribution in [0.3, 0.4) is 0 Å². The number of aromatic carboxylic acids is 1. The molecule has 0 aliphatic heterocycles. The molecule has 2 rings (SSSR count). The highest BCUT2D eigenvalue weighted by molar-refractivity contribution is 5.93. The van der Waals surface area contributed by atoms with E-state index in [-0.39, 0.29) is 5.69 Å². The number of ether oxygens (including phenoxy) is 1. The lowest BCUT2D eigenvalue weighted by atomic mass is 10.1. The van der Waals surface area contributed by atoms with Crippen LogP contribution in [0, 0.1) is 0 Å². The maximum Gasteiger partial charge on any atom is 0.358 e. The topological polar surface area (TPSA) is 103 Å². The van der Waals surface area contributed by atoms with Crippen LogP contribution < -0.4 is 10.5 Å². The Balaban J connectivity index is 2.57. The van der Waals surface area contributed by atoms with Gasteiger partial charge in [-0.25, -0.2) is 9.48 Å². The molecule has 0 aliphatic carbocycles. The van der Waals surface area contributed by atoms with Crippen molar-refractivity contribution >= 4 is 5.97 Å². The van der Waals surface area contributed by atoms with Crippen LogP contribution in [0.1, 0.15) is 16.9 Å². The van der Waals surface area contributed by atoms with Crippen LogP contribution in [0.5, 0.6) is 5.75 Å². The van der Waals surface area contributed by atoms with Gasteiger partial charge in [0.15, 0.2) is 5.69 Å². The highest BCUT2D eigenvalue weighted by atomic mass is 16.5. The molecule has 20 heavy (non-hydrogen) atoms. The predicted molar refractivity (Wildman–Crippen MR) is 72.6 cm³/mol. The number of hydrogen-bond acceptors (Lipinski definition) is 5. The van der Waals surface area contributed by atoms with E-state index in [9.17, 15) is 9.90 Å². The Bertz CT molecular complexity index is 609. The molecule has 0 radical (unpaired) electrons. The number of hydrogen-bond donors (Lipinski definition) is 2. The second-order valence-corrected chi connectivity index (χ2v) is 4.16. The fourth-order valence-electron chi connectivity index (χ4n) is 1.96. The van der Waals surface area contributed by atoms with Crippen LogP contribution in [-0.4, -0.2) is 39.7 Å². The SMILES string of the molecule is COc1ccccc1-c1c(C(=O)O)nnn1CCCN. The second kappa shape index (κ2) is 6.16. The van der Waals surface area contributed by atoms with Gasteiger partial charge < -0.3 is 15.6 Å². The van der Waals surface area contributed by atoms with E-state index in [1.165, 1.54) is 7.11 Å². The molecule has 7 heteroatoms. The first-order valence-corrected chi connectivity index (χ1v) is 6.19. The molecular weight excluding hydrogens is 260 g/mol. The molecule has 3 N–H and O–H groups in total. The van der Waals surface area contributed by atoms with Gasteiger partial charge in [-0.1, -0.05) is 17.3 Å². The summed E-state index contributed by atoms with van der Waals surface area (Å²) in [4.78, 5) is 11.3. The molecule has 7 nitrogen and oxygen atoms in total. The van der Waals surface area contributed by atoms with Crippen molar-refractivity contribution in [2.24, 2.45) is 5.73 Å². The van der Waals surface area contributed by atoms with E-state index in [0.717, 1.165) is 0 Å². The molecule has 1 aromatic carbocycles. The van der Waals surface area contributed by atoms with Gasteiger partial charge in [0.2, 0.25) is 0 Å². The Morgan fingerprint density at radius 3 is 2.85 bits per heavy atom. The molecule has 1 heterocycles. The summed E-state index contributed by atoms with van der Waals surface area (Å²) in [5.74, 6) is -0.545. The minimum Gasteiger partial charge on any atom is -0.496 e. The summed E-state index contributed by atoms with van der Waals surface area (Å²) < 4.78 is 6.83. The summed E-state index contributed by atoms with van der Waals surface area (Å²) in [6, 6.07) is 7.17. The van der Waals surface area contributed by atoms with Crippen molar-refractivity contribution in [3.63, 3.8) is 0 Å². The number of methoxy groups -OCH3 is 1. The van der Waals surface area contributed by atoms with E-state index in [2.05, 4.69) is 10.3 Å². The van der Waals surface area contributed by atoms with Gasteiger partial charge in [0.1, 0.15) is 11.4 Å². The maximum absolute atomic E-state index is 11.3. The van der Waals surface area contributed by atoms with Gasteiger partial charge in [0.05, 0.1) is 7.11 Å². The van der Waals surface area contributed by atoms with Crippen molar-refractivity contribution in [3.05, 3.63) is 30.0 Å². The summed E-state index contributed by atoms with van der Waals surface area (Å²) in [5, 5.41) is 16.9. The van der Waals surface area contributed by atoms with Crippen LogP contribution in [0.4, 0.5) is 0 Å². The molecule has 0 atom stereocenters. The molecule has 0 saturated carbocycles. The van der Waals surface area contributed by atoms with E-state index >= 15 is 0 Å². The number of para-hydroxylation sites is 1. The first-order chi connectivity index (χ1) is 9.69. The zero-order chi connectivity index (χ0) is 14.5. The number of benzene rings is 1. The molecule has 0 spiro atoms. The Kier molecular flexibility index (Phi) is 4.31. The number of nitrogens with two attached hydrogens (primary N) is 1. The molecule has 0 saturated heterocycles. The summed E-state index contributed by atoms with van der Waals surface area (Å²) in [7, 11) is 1.54. The Labute approximate surface area is 116 Å². The van der Waals surface area contributed by atoms with Crippen LogP contribution in [0.25, 0.3) is 11.3 Å². The molecule has 106 valence electrons. The van der Waals surface area contributed by atoms with Gasteiger partial charge in [-0.3, -0.25) is 0 Å². The first kappa shape index (κ1) is 14.0. The molecule has 1 aromatic heterocycles. The number of rotatable bonds is 6. The average molecular weight is 276 g/mol. The lowest BCUT2D eigenvalue weighted by Crippen LogP contribution is -2.09. The Morgan fingerprint density at radius 2 is 2.20 bits per heavy atom. The number of carboxylic acid groups (broad SMARTS) is 1. The van der Waals surface area contributed by atoms with Gasteiger partial charge in [0, 0.05) is 12.1 Å². The van der Waals surface area contributed by atoms with Crippen LogP contribution in [0.2, 0.25) is 0 Å². The van der Waals surface area contributed by atoms with Gasteiger partial charge in [-0.2, -0.15) is 0 Å². The standard InChI is InChI=1S/C13H16N4O3/c1-20-10-6-3-2-5-9(10)12-11(13(18)19)15-16-17(12)8-4-7-14/h2-3,5-6H,4,7-8,14H2,1H3,(H,18,19). The molecule has 0 amide bonds. The monoisotopic (exact) mass is 276 g/mol. The van der Waals surface area contributed by atoms with Crippen molar-refractivity contribution in [1.29, 1.82) is 0 Å². The lowest BCUT2D eigenvalue weighted by Gasteiger charge is -2.10. The predicted octanol–water partition coefficient (Wildman–Crippen LogP) is 1.00. The molecule has 0 aliphatic rings. The third-order valence-electron chi connectivity index (χ3n) is 2.87. The first-order valence-electron chi connectivity index (χ1n) is 6.19. The van der Waals surface area contributed by atoms with E-state index in [4.69, 9.17) is 10.5 Å². The largest absolute Gasteiger partial charge is 0.496 e. The third-order valence-corrected chi connectivity index (χ3v) is 2.87. The quantitative estimate of drug-likeness (QED) is 0.815. The summed E-state index contributed by atoms with van der Waals surface area (Å²) in [6.45, 7) is 0.998. The van der Waals surface area contributed by atoms with Crippen molar-refractivity contribution in [3.8, 4) is 17.0 Å². The number of nitrogens with zero attached hydrogens (tertiary/aromatic N) is 3. The van der Waals surface area contributed by atoms with Crippen molar-refractivity contribution < 1.29 is 14.6 Å². The number of carboxylic acids is 1. The molecule has 0 unspecified atom stereocenters. The van der Waals surface area contributed by atoms with Gasteiger partial charge in [-0.15, -0.1) is 5.10 Å². The molecular formula is C13H16N4O3. The van der Waals surface area contributed by atoms with Crippen molar-refractivity contribution in [1.82, 2.24) is 15.0 Å². The zero-order valence-electron chi connectivity index (χ0n) is 11.1. The summed E-state index contributed by atoms with van der Waals surface area (Å²) in [6.07, 6.45) is 0.685. The fourth-order valence-corrected chi connectivity index (χ4v) is 1.96. The van der Waals surface area contributed by atoms with Gasteiger partial charge >= 0.3 is 5.97 Å². The van der Waals surface area contributed by atoms with Crippen molar-refractivity contribution in [2.45, 2.75) is 13.0 Å². The zero-order valence-corrected chi connectivity index (χ0v) is 11.1. The second-order valence-electron chi connectivity index (χ2n) is 4.16. The third kappa shape index (κ3) is 2.62. The van der Waals surface area contributed by atoms with E-state index < -0.39 is 5.97 Å². The highest BCUT2D eigenvalue weighted by Gasteiger charge is 2.22. The van der Waals surface area contributed by atoms with Crippen LogP contribution in [0.15, 0.2) is 24.3 Å². The summed E-state index contributed by atoms with van der Waals surface area (Å²) in [5.41, 5.74) is 6.48. The average Bonchev–Trinajstić information content (AvgIpc) is 2.88. The van der Waals surface area contributed by atoms with E-state index in [1.54, 1.807) is 16.8 Å². The highest BCUT2D eigenvalue weighted by Crippen LogP contribution is 2.31. The van der Waals surface area contributed by atoms with Crippen LogP contribution >= 0.6 is 0 Å². The molecule has 0 bridgehead atoms. The number of carbonyl (C=O) groups is 1. The maximum atomic E-state index is 11.3. The number of aromatic nitrogens is 3. The molecule has 2 aromatic rings. The minimum absolute atomic E-state index is 0.0912. The van der Waals surface area contributed by atoms with E-state index in [0.29, 0.717) is 36.5 Å². The van der Waals surface area contributed by atoms with Crippen molar-refractivity contribution in [2.75, 3.05) is 13.7 Å². The Morgan fingerprint density at radius 1 is 1.45 bits per heavy atom. The minimum atomic E-state index is -1.12. The van der Waals surface area contributed by atoms with Crippen LogP contribution in [-0.2, 0) is 6.54 Å². The number of aryl methyl sites for hydroxylation is 1. The summed E-state index contributed by atoms with van der Waals surface area (Å²) >= 11 is 0. The fraction of sp³-hybridized carbons (Fsp3) is 0.308. The normalized spacial score (nSPS) is 10.5. The van der Waals surface area contributed by atoms with Gasteiger partial charge in [-0.05, 0) is 25.1 Å². The van der Waals surface area contributed by atoms with E-state index in [1.807, 2.05) is 12.1 Å². The molecule has 0 fully saturated rings. The van der Waals surface area contributed by atoms with Gasteiger partial charge in [0.25, 0.3) is 0 Å². The Hall–Kier alpha value is -2.41.